The van der Waals surface area contributed by atoms with Crippen molar-refractivity contribution in [2.24, 2.45) is 0 Å². The Bertz CT molecular complexity index is 295. The number of rotatable bonds is 4. The maximum absolute atomic E-state index is 11.9. The number of carbonyl (C=O) groups excluding carboxylic acids is 2. The monoisotopic (exact) mass is 253 g/mol. The number of carbonyl (C=O) groups is 2. The van der Waals surface area contributed by atoms with Crippen LogP contribution in [0.4, 0.5) is 4.79 Å². The van der Waals surface area contributed by atoms with Crippen LogP contribution in [0.15, 0.2) is 0 Å². The van der Waals surface area contributed by atoms with Crippen LogP contribution >= 0.6 is 0 Å². The second-order valence-electron chi connectivity index (χ2n) is 5.22. The first kappa shape index (κ1) is 13.2. The van der Waals surface area contributed by atoms with Crippen molar-refractivity contribution in [2.45, 2.75) is 51.0 Å². The van der Waals surface area contributed by atoms with Crippen LogP contribution in [-0.2, 0) is 4.79 Å². The van der Waals surface area contributed by atoms with Gasteiger partial charge in [-0.2, -0.15) is 0 Å². The molecule has 0 spiro atoms. The van der Waals surface area contributed by atoms with Crippen LogP contribution in [0.2, 0.25) is 0 Å². The molecule has 1 heterocycles. The van der Waals surface area contributed by atoms with Gasteiger partial charge in [0.15, 0.2) is 0 Å². The van der Waals surface area contributed by atoms with E-state index in [1.807, 2.05) is 4.90 Å². The average molecular weight is 253 g/mol. The molecule has 5 heteroatoms. The molecule has 1 aliphatic heterocycles. The van der Waals surface area contributed by atoms with Gasteiger partial charge in [0.25, 0.3) is 0 Å². The van der Waals surface area contributed by atoms with Gasteiger partial charge in [-0.15, -0.1) is 0 Å². The molecule has 1 saturated heterocycles. The van der Waals surface area contributed by atoms with Crippen molar-refractivity contribution in [3.8, 4) is 0 Å². The van der Waals surface area contributed by atoms with Gasteiger partial charge in [-0.3, -0.25) is 4.79 Å². The standard InChI is InChI=1S/C13H23N3O2/c17-12(15-11-5-6-11)7-8-14-13(18)16-9-3-1-2-4-10-16/h11H,1-10H2,(H,14,18)(H,15,17). The Morgan fingerprint density at radius 2 is 1.72 bits per heavy atom. The summed E-state index contributed by atoms with van der Waals surface area (Å²) in [5.41, 5.74) is 0. The zero-order valence-electron chi connectivity index (χ0n) is 10.9. The third-order valence-corrected chi connectivity index (χ3v) is 3.46. The molecule has 0 aromatic carbocycles. The lowest BCUT2D eigenvalue weighted by Crippen LogP contribution is -2.41. The van der Waals surface area contributed by atoms with Crippen molar-refractivity contribution in [3.05, 3.63) is 0 Å². The normalized spacial score (nSPS) is 20.1. The van der Waals surface area contributed by atoms with Crippen LogP contribution in [0.1, 0.15) is 44.9 Å². The van der Waals surface area contributed by atoms with Crippen LogP contribution in [0.25, 0.3) is 0 Å². The van der Waals surface area contributed by atoms with E-state index < -0.39 is 0 Å². The molecule has 18 heavy (non-hydrogen) atoms. The van der Waals surface area contributed by atoms with E-state index in [0.717, 1.165) is 38.8 Å². The summed E-state index contributed by atoms with van der Waals surface area (Å²) in [4.78, 5) is 25.1. The van der Waals surface area contributed by atoms with Gasteiger partial charge in [-0.1, -0.05) is 12.8 Å². The number of nitrogens with one attached hydrogen (secondary N) is 2. The third kappa shape index (κ3) is 4.55. The maximum atomic E-state index is 11.9. The minimum absolute atomic E-state index is 0.0175. The van der Waals surface area contributed by atoms with E-state index in [9.17, 15) is 9.59 Å². The molecule has 5 nitrogen and oxygen atoms in total. The lowest BCUT2D eigenvalue weighted by Gasteiger charge is -2.20. The Morgan fingerprint density at radius 3 is 2.33 bits per heavy atom. The minimum Gasteiger partial charge on any atom is -0.353 e. The highest BCUT2D eigenvalue weighted by Gasteiger charge is 2.23. The molecule has 0 bridgehead atoms. The first-order chi connectivity index (χ1) is 8.75. The fraction of sp³-hybridized carbons (Fsp3) is 0.846. The largest absolute Gasteiger partial charge is 0.353 e. The van der Waals surface area contributed by atoms with Crippen LogP contribution < -0.4 is 10.6 Å². The SMILES string of the molecule is O=C(CCNC(=O)N1CCCCCC1)NC1CC1. The highest BCUT2D eigenvalue weighted by Crippen LogP contribution is 2.18. The number of hydrogen-bond donors (Lipinski definition) is 2. The number of hydrogen-bond acceptors (Lipinski definition) is 2. The Labute approximate surface area is 108 Å². The predicted octanol–water partition coefficient (Wildman–Crippen LogP) is 1.24. The van der Waals surface area contributed by atoms with Crippen LogP contribution in [-0.4, -0.2) is 42.5 Å². The molecule has 1 saturated carbocycles. The van der Waals surface area contributed by atoms with Gasteiger partial charge in [-0.25, -0.2) is 4.79 Å². The summed E-state index contributed by atoms with van der Waals surface area (Å²) < 4.78 is 0. The van der Waals surface area contributed by atoms with Crippen LogP contribution in [0, 0.1) is 0 Å². The first-order valence-electron chi connectivity index (χ1n) is 7.08. The highest BCUT2D eigenvalue weighted by molar-refractivity contribution is 5.78. The molecule has 0 aromatic rings. The Balaban J connectivity index is 1.59. The van der Waals surface area contributed by atoms with Crippen LogP contribution in [0.3, 0.4) is 0 Å². The smallest absolute Gasteiger partial charge is 0.317 e. The fourth-order valence-corrected chi connectivity index (χ4v) is 2.20. The molecule has 0 radical (unpaired) electrons. The lowest BCUT2D eigenvalue weighted by atomic mass is 10.2. The second-order valence-corrected chi connectivity index (χ2v) is 5.22. The third-order valence-electron chi connectivity index (χ3n) is 3.46. The van der Waals surface area contributed by atoms with Crippen molar-refractivity contribution in [1.29, 1.82) is 0 Å². The average Bonchev–Trinajstić information content (AvgIpc) is 3.14. The summed E-state index contributed by atoms with van der Waals surface area (Å²) in [6, 6.07) is 0.384. The van der Waals surface area contributed by atoms with E-state index in [-0.39, 0.29) is 11.9 Å². The Morgan fingerprint density at radius 1 is 1.06 bits per heavy atom. The summed E-state index contributed by atoms with van der Waals surface area (Å²) in [7, 11) is 0. The molecule has 0 aromatic heterocycles. The molecule has 2 aliphatic rings. The van der Waals surface area contributed by atoms with Gasteiger partial charge in [0.05, 0.1) is 0 Å². The summed E-state index contributed by atoms with van der Waals surface area (Å²) in [5.74, 6) is 0.0497. The Kier molecular flexibility index (Phi) is 4.84. The summed E-state index contributed by atoms with van der Waals surface area (Å²) in [5, 5.41) is 5.74. The van der Waals surface area contributed by atoms with E-state index in [4.69, 9.17) is 0 Å². The molecule has 2 N–H and O–H groups in total. The van der Waals surface area contributed by atoms with E-state index in [1.165, 1.54) is 12.8 Å². The first-order valence-corrected chi connectivity index (χ1v) is 7.08. The van der Waals surface area contributed by atoms with Gasteiger partial charge in [-0.05, 0) is 25.7 Å². The molecule has 2 rings (SSSR count). The number of urea groups is 1. The zero-order chi connectivity index (χ0) is 12.8. The molecule has 1 aliphatic carbocycles. The molecule has 2 fully saturated rings. The lowest BCUT2D eigenvalue weighted by molar-refractivity contribution is -0.121. The van der Waals surface area contributed by atoms with Crippen molar-refractivity contribution in [1.82, 2.24) is 15.5 Å². The molecule has 3 amide bonds. The van der Waals surface area contributed by atoms with Crippen molar-refractivity contribution < 1.29 is 9.59 Å². The van der Waals surface area contributed by atoms with Gasteiger partial charge in [0.1, 0.15) is 0 Å². The van der Waals surface area contributed by atoms with Crippen molar-refractivity contribution in [2.75, 3.05) is 19.6 Å². The topological polar surface area (TPSA) is 61.4 Å². The predicted molar refractivity (Wildman–Crippen MR) is 69.2 cm³/mol. The van der Waals surface area contributed by atoms with Gasteiger partial charge < -0.3 is 15.5 Å². The highest BCUT2D eigenvalue weighted by atomic mass is 16.2. The molecule has 0 atom stereocenters. The van der Waals surface area contributed by atoms with Gasteiger partial charge >= 0.3 is 6.03 Å². The molecule has 102 valence electrons. The van der Waals surface area contributed by atoms with Gasteiger partial charge in [0, 0.05) is 32.1 Å². The van der Waals surface area contributed by atoms with Crippen LogP contribution in [0.5, 0.6) is 0 Å². The van der Waals surface area contributed by atoms with E-state index in [2.05, 4.69) is 10.6 Å². The summed E-state index contributed by atoms with van der Waals surface area (Å²) in [6.07, 6.45) is 7.21. The molecule has 0 unspecified atom stereocenters. The summed E-state index contributed by atoms with van der Waals surface area (Å²) in [6.45, 7) is 2.13. The number of amides is 3. The molecular weight excluding hydrogens is 230 g/mol. The van der Waals surface area contributed by atoms with Gasteiger partial charge in [0.2, 0.25) is 5.91 Å². The van der Waals surface area contributed by atoms with E-state index in [0.29, 0.717) is 19.0 Å². The summed E-state index contributed by atoms with van der Waals surface area (Å²) >= 11 is 0. The zero-order valence-corrected chi connectivity index (χ0v) is 10.9. The van der Waals surface area contributed by atoms with Crippen molar-refractivity contribution in [3.63, 3.8) is 0 Å². The van der Waals surface area contributed by atoms with E-state index in [1.54, 1.807) is 0 Å². The minimum atomic E-state index is -0.0175. The maximum Gasteiger partial charge on any atom is 0.317 e. The molecular formula is C13H23N3O2. The Hall–Kier alpha value is -1.26. The number of likely N-dealkylation sites (tertiary alicyclic amines) is 1. The van der Waals surface area contributed by atoms with Crippen molar-refractivity contribution >= 4 is 11.9 Å². The van der Waals surface area contributed by atoms with E-state index >= 15 is 0 Å². The fourth-order valence-electron chi connectivity index (χ4n) is 2.20. The number of nitrogens with zero attached hydrogens (tertiary/aromatic N) is 1. The quantitative estimate of drug-likeness (QED) is 0.792. The second kappa shape index (κ2) is 6.61.